The number of nitrogens with two attached hydrogens (primary N) is 2. The van der Waals surface area contributed by atoms with Crippen LogP contribution < -0.4 is 22.1 Å². The lowest BCUT2D eigenvalue weighted by Gasteiger charge is -2.22. The highest BCUT2D eigenvalue weighted by Gasteiger charge is 2.24. The van der Waals surface area contributed by atoms with Crippen LogP contribution in [0.2, 0.25) is 0 Å². The molecule has 0 aromatic carbocycles. The molecule has 11 nitrogen and oxygen atoms in total. The highest BCUT2D eigenvalue weighted by molar-refractivity contribution is 6.01. The second-order valence-electron chi connectivity index (χ2n) is 8.18. The maximum Gasteiger partial charge on any atom is 0.408 e. The van der Waals surface area contributed by atoms with Crippen LogP contribution in [-0.4, -0.2) is 53.2 Å². The van der Waals surface area contributed by atoms with E-state index in [4.69, 9.17) is 20.9 Å². The van der Waals surface area contributed by atoms with Crippen LogP contribution in [-0.2, 0) is 14.3 Å². The fourth-order valence-electron chi connectivity index (χ4n) is 2.87. The molecule has 0 fully saturated rings. The molecule has 0 saturated heterocycles. The number of carbonyl (C=O) groups is 3. The zero-order chi connectivity index (χ0) is 23.9. The topological polar surface area (TPSA) is 172 Å². The summed E-state index contributed by atoms with van der Waals surface area (Å²) in [5, 5.41) is 5.93. The Bertz CT molecular complexity index is 989. The quantitative estimate of drug-likeness (QED) is 0.348. The molecule has 11 heteroatoms. The Morgan fingerprint density at radius 3 is 2.50 bits per heavy atom. The summed E-state index contributed by atoms with van der Waals surface area (Å²) >= 11 is 0. The Kier molecular flexibility index (Phi) is 8.16. The number of aromatic nitrogens is 2. The van der Waals surface area contributed by atoms with Crippen LogP contribution in [0, 0.1) is 0 Å². The summed E-state index contributed by atoms with van der Waals surface area (Å²) < 4.78 is 9.91. The van der Waals surface area contributed by atoms with E-state index in [1.807, 2.05) is 0 Å². The van der Waals surface area contributed by atoms with Gasteiger partial charge in [-0.05, 0) is 58.2 Å². The number of nitrogens with one attached hydrogen (secondary N) is 2. The van der Waals surface area contributed by atoms with Crippen molar-refractivity contribution in [1.82, 2.24) is 20.6 Å². The SMILES string of the molecule is COC(=O)C(CCCCNC(=O)c1cc2ccc(N)nc2nc1N)NC(=O)OC(C)(C)C. The van der Waals surface area contributed by atoms with Gasteiger partial charge in [-0.15, -0.1) is 0 Å². The standard InChI is InChI=1S/C21H30N6O5/c1-21(2,3)32-20(30)25-14(19(29)31-4)7-5-6-10-24-18(28)13-11-12-8-9-15(22)26-17(12)27-16(13)23/h8-9,11,14H,5-7,10H2,1-4H3,(H,24,28)(H,25,30)(H4,22,23,26,27). The van der Waals surface area contributed by atoms with Crippen LogP contribution in [0.25, 0.3) is 11.0 Å². The molecule has 174 valence electrons. The number of carbonyl (C=O) groups excluding carboxylic acids is 3. The van der Waals surface area contributed by atoms with Gasteiger partial charge in [0, 0.05) is 11.9 Å². The Hall–Kier alpha value is -3.63. The van der Waals surface area contributed by atoms with Crippen LogP contribution in [0.5, 0.6) is 0 Å². The molecule has 0 aliphatic rings. The van der Waals surface area contributed by atoms with Crippen molar-refractivity contribution in [1.29, 1.82) is 0 Å². The minimum Gasteiger partial charge on any atom is -0.467 e. The number of pyridine rings is 2. The number of ether oxygens (including phenoxy) is 2. The Labute approximate surface area is 186 Å². The third-order valence-electron chi connectivity index (χ3n) is 4.36. The highest BCUT2D eigenvalue weighted by atomic mass is 16.6. The summed E-state index contributed by atoms with van der Waals surface area (Å²) in [5.41, 5.74) is 11.4. The number of rotatable bonds is 8. The molecule has 2 rings (SSSR count). The molecule has 0 aliphatic heterocycles. The van der Waals surface area contributed by atoms with Crippen LogP contribution in [0.4, 0.5) is 16.4 Å². The monoisotopic (exact) mass is 446 g/mol. The average Bonchev–Trinajstić information content (AvgIpc) is 2.69. The number of anilines is 2. The molecule has 1 atom stereocenters. The lowest BCUT2D eigenvalue weighted by atomic mass is 10.1. The molecule has 2 heterocycles. The highest BCUT2D eigenvalue weighted by Crippen LogP contribution is 2.18. The maximum absolute atomic E-state index is 12.5. The number of alkyl carbamates (subject to hydrolysis) is 1. The predicted molar refractivity (Wildman–Crippen MR) is 120 cm³/mol. The summed E-state index contributed by atoms with van der Waals surface area (Å²) in [6, 6.07) is 4.10. The predicted octanol–water partition coefficient (Wildman–Crippen LogP) is 1.76. The van der Waals surface area contributed by atoms with E-state index >= 15 is 0 Å². The molecule has 32 heavy (non-hydrogen) atoms. The molecular weight excluding hydrogens is 416 g/mol. The van der Waals surface area contributed by atoms with E-state index in [-0.39, 0.29) is 17.3 Å². The normalized spacial score (nSPS) is 12.1. The zero-order valence-electron chi connectivity index (χ0n) is 18.7. The van der Waals surface area contributed by atoms with Gasteiger partial charge in [0.15, 0.2) is 5.65 Å². The van der Waals surface area contributed by atoms with E-state index in [0.29, 0.717) is 42.7 Å². The number of methoxy groups -OCH3 is 1. The molecule has 2 aromatic rings. The summed E-state index contributed by atoms with van der Waals surface area (Å²) in [7, 11) is 1.25. The average molecular weight is 447 g/mol. The van der Waals surface area contributed by atoms with Crippen molar-refractivity contribution in [2.75, 3.05) is 25.1 Å². The number of esters is 1. The third kappa shape index (κ3) is 7.25. The number of unbranched alkanes of at least 4 members (excludes halogenated alkanes) is 1. The number of nitrogens with zero attached hydrogens (tertiary/aromatic N) is 2. The van der Waals surface area contributed by atoms with Gasteiger partial charge in [-0.2, -0.15) is 0 Å². The van der Waals surface area contributed by atoms with Gasteiger partial charge in [0.2, 0.25) is 0 Å². The van der Waals surface area contributed by atoms with Gasteiger partial charge >= 0.3 is 12.1 Å². The first-order chi connectivity index (χ1) is 15.0. The number of nitrogen functional groups attached to an aromatic ring is 2. The third-order valence-corrected chi connectivity index (χ3v) is 4.36. The van der Waals surface area contributed by atoms with Gasteiger partial charge in [-0.25, -0.2) is 19.6 Å². The van der Waals surface area contributed by atoms with Crippen LogP contribution >= 0.6 is 0 Å². The van der Waals surface area contributed by atoms with E-state index in [0.717, 1.165) is 0 Å². The van der Waals surface area contributed by atoms with Gasteiger partial charge in [0.05, 0.1) is 12.7 Å². The fourth-order valence-corrected chi connectivity index (χ4v) is 2.87. The van der Waals surface area contributed by atoms with Gasteiger partial charge in [0.1, 0.15) is 23.3 Å². The van der Waals surface area contributed by atoms with Crippen molar-refractivity contribution >= 4 is 40.6 Å². The second-order valence-corrected chi connectivity index (χ2v) is 8.18. The lowest BCUT2D eigenvalue weighted by Crippen LogP contribution is -2.44. The van der Waals surface area contributed by atoms with E-state index in [9.17, 15) is 14.4 Å². The number of hydrogen-bond donors (Lipinski definition) is 4. The van der Waals surface area contributed by atoms with Crippen molar-refractivity contribution in [2.45, 2.75) is 51.7 Å². The Morgan fingerprint density at radius 2 is 1.84 bits per heavy atom. The van der Waals surface area contributed by atoms with Gasteiger partial charge in [0.25, 0.3) is 5.91 Å². The van der Waals surface area contributed by atoms with Crippen LogP contribution in [0.15, 0.2) is 18.2 Å². The summed E-state index contributed by atoms with van der Waals surface area (Å²) in [6.45, 7) is 5.53. The van der Waals surface area contributed by atoms with Crippen molar-refractivity contribution in [3.63, 3.8) is 0 Å². The van der Waals surface area contributed by atoms with Gasteiger partial charge < -0.3 is 31.6 Å². The Balaban J connectivity index is 1.86. The maximum atomic E-state index is 12.5. The minimum absolute atomic E-state index is 0.0559. The smallest absolute Gasteiger partial charge is 0.408 e. The molecule has 2 aromatic heterocycles. The molecule has 0 bridgehead atoms. The van der Waals surface area contributed by atoms with E-state index in [2.05, 4.69) is 20.6 Å². The fraction of sp³-hybridized carbons (Fsp3) is 0.476. The van der Waals surface area contributed by atoms with Crippen LogP contribution in [0.1, 0.15) is 50.4 Å². The Morgan fingerprint density at radius 1 is 1.12 bits per heavy atom. The molecule has 1 unspecified atom stereocenters. The van der Waals surface area contributed by atoms with Crippen molar-refractivity contribution in [2.24, 2.45) is 0 Å². The van der Waals surface area contributed by atoms with E-state index in [1.54, 1.807) is 39.0 Å². The lowest BCUT2D eigenvalue weighted by molar-refractivity contribution is -0.143. The first kappa shape index (κ1) is 24.6. The molecule has 0 radical (unpaired) electrons. The van der Waals surface area contributed by atoms with Gasteiger partial charge in [-0.1, -0.05) is 0 Å². The molecule has 2 amide bonds. The first-order valence-electron chi connectivity index (χ1n) is 10.2. The molecule has 0 aliphatic carbocycles. The number of fused-ring (bicyclic) bond motifs is 1. The van der Waals surface area contributed by atoms with Crippen molar-refractivity contribution < 1.29 is 23.9 Å². The first-order valence-corrected chi connectivity index (χ1v) is 10.2. The molecule has 0 saturated carbocycles. The van der Waals surface area contributed by atoms with Crippen molar-refractivity contribution in [3.05, 3.63) is 23.8 Å². The van der Waals surface area contributed by atoms with E-state index in [1.165, 1.54) is 7.11 Å². The largest absolute Gasteiger partial charge is 0.467 e. The minimum atomic E-state index is -0.842. The molecular formula is C21H30N6O5. The second kappa shape index (κ2) is 10.6. The number of hydrogen-bond acceptors (Lipinski definition) is 9. The molecule has 6 N–H and O–H groups in total. The van der Waals surface area contributed by atoms with E-state index < -0.39 is 23.7 Å². The van der Waals surface area contributed by atoms with Crippen molar-refractivity contribution in [3.8, 4) is 0 Å². The van der Waals surface area contributed by atoms with Gasteiger partial charge in [-0.3, -0.25) is 4.79 Å². The van der Waals surface area contributed by atoms with Crippen LogP contribution in [0.3, 0.4) is 0 Å². The zero-order valence-corrected chi connectivity index (χ0v) is 18.7. The summed E-state index contributed by atoms with van der Waals surface area (Å²) in [6.07, 6.45) is 0.740. The summed E-state index contributed by atoms with van der Waals surface area (Å²) in [4.78, 5) is 44.6. The molecule has 0 spiro atoms. The number of amides is 2. The summed E-state index contributed by atoms with van der Waals surface area (Å²) in [5.74, 6) is -0.567.